The Morgan fingerprint density at radius 3 is 2.65 bits per heavy atom. The van der Waals surface area contributed by atoms with E-state index in [-0.39, 0.29) is 28.7 Å². The number of hydrazone groups is 1. The predicted molar refractivity (Wildman–Crippen MR) is 131 cm³/mol. The fourth-order valence-corrected chi connectivity index (χ4v) is 3.72. The Labute approximate surface area is 207 Å². The van der Waals surface area contributed by atoms with Gasteiger partial charge in [0.15, 0.2) is 5.69 Å². The Morgan fingerprint density at radius 1 is 1.16 bits per heavy atom. The van der Waals surface area contributed by atoms with Crippen LogP contribution in [0.15, 0.2) is 70.4 Å². The molecule has 14 heteroatoms. The molecule has 0 aliphatic carbocycles. The Balaban J connectivity index is 1.51. The van der Waals surface area contributed by atoms with Gasteiger partial charge in [0.25, 0.3) is 11.6 Å². The van der Waals surface area contributed by atoms with Crippen LogP contribution in [-0.4, -0.2) is 49.5 Å². The van der Waals surface area contributed by atoms with Gasteiger partial charge < -0.3 is 10.5 Å². The summed E-state index contributed by atoms with van der Waals surface area (Å²) in [4.78, 5) is 23.7. The van der Waals surface area contributed by atoms with Crippen LogP contribution in [0, 0.1) is 10.1 Å². The number of hydrogen-bond acceptors (Lipinski definition) is 11. The lowest BCUT2D eigenvalue weighted by molar-refractivity contribution is -0.384. The highest BCUT2D eigenvalue weighted by Crippen LogP contribution is 2.29. The summed E-state index contributed by atoms with van der Waals surface area (Å²) in [6, 6.07) is 16.8. The van der Waals surface area contributed by atoms with Gasteiger partial charge in [-0.15, -0.1) is 5.10 Å². The molecule has 0 atom stereocenters. The van der Waals surface area contributed by atoms with Gasteiger partial charge in [-0.05, 0) is 39.3 Å². The van der Waals surface area contributed by atoms with Gasteiger partial charge in [0.1, 0.15) is 11.4 Å². The fraction of sp³-hybridized carbons (Fsp3) is 0.0435. The van der Waals surface area contributed by atoms with Crippen LogP contribution in [0.1, 0.15) is 16.1 Å². The Bertz CT molecular complexity index is 1660. The van der Waals surface area contributed by atoms with Gasteiger partial charge in [0, 0.05) is 23.3 Å². The zero-order chi connectivity index (χ0) is 25.9. The molecule has 2 heterocycles. The minimum absolute atomic E-state index is 0.0103. The number of aromatic nitrogens is 5. The molecule has 0 saturated carbocycles. The quantitative estimate of drug-likeness (QED) is 0.191. The second-order valence-electron chi connectivity index (χ2n) is 7.58. The largest absolute Gasteiger partial charge is 0.496 e. The zero-order valence-electron chi connectivity index (χ0n) is 19.1. The molecule has 184 valence electrons. The van der Waals surface area contributed by atoms with Crippen molar-refractivity contribution in [3.8, 4) is 22.8 Å². The number of hydrogen-bond donors (Lipinski definition) is 2. The number of nitrogens with zero attached hydrogens (tertiary/aromatic N) is 7. The number of nitrogens with one attached hydrogen (secondary N) is 1. The molecule has 3 aromatic carbocycles. The number of methoxy groups -OCH3 is 1. The maximum atomic E-state index is 13.1. The third-order valence-corrected chi connectivity index (χ3v) is 5.44. The Morgan fingerprint density at radius 2 is 1.95 bits per heavy atom. The maximum absolute atomic E-state index is 13.1. The van der Waals surface area contributed by atoms with Gasteiger partial charge in [-0.2, -0.15) is 9.78 Å². The van der Waals surface area contributed by atoms with Gasteiger partial charge in [0.05, 0.1) is 18.2 Å². The summed E-state index contributed by atoms with van der Waals surface area (Å²) in [6.07, 6.45) is 1.47. The number of nitrogens with two attached hydrogens (primary N) is 1. The van der Waals surface area contributed by atoms with Gasteiger partial charge >= 0.3 is 0 Å². The number of amides is 1. The number of benzene rings is 3. The highest BCUT2D eigenvalue weighted by Gasteiger charge is 2.25. The van der Waals surface area contributed by atoms with Gasteiger partial charge in [0.2, 0.25) is 11.6 Å². The first-order valence-electron chi connectivity index (χ1n) is 10.7. The summed E-state index contributed by atoms with van der Waals surface area (Å²) in [5.74, 6) is -0.238. The van der Waals surface area contributed by atoms with Crippen molar-refractivity contribution in [3.63, 3.8) is 0 Å². The van der Waals surface area contributed by atoms with E-state index in [1.165, 1.54) is 30.5 Å². The maximum Gasteiger partial charge on any atom is 0.294 e. The number of anilines is 1. The second-order valence-corrected chi connectivity index (χ2v) is 7.58. The number of fused-ring (bicyclic) bond motifs is 1. The third kappa shape index (κ3) is 4.29. The van der Waals surface area contributed by atoms with Crippen molar-refractivity contribution in [1.82, 2.24) is 30.7 Å². The van der Waals surface area contributed by atoms with Crippen LogP contribution < -0.4 is 15.9 Å². The SMILES string of the molecule is COc1ccc2ccccc2c1/C=N/NC(=O)c1nnn(-c2nonc2N)c1-c1ccc([N+](=O)[O-])cc1. The van der Waals surface area contributed by atoms with E-state index in [0.29, 0.717) is 16.9 Å². The smallest absolute Gasteiger partial charge is 0.294 e. The van der Waals surface area contributed by atoms with Crippen LogP contribution in [0.2, 0.25) is 0 Å². The summed E-state index contributed by atoms with van der Waals surface area (Å²) >= 11 is 0. The lowest BCUT2D eigenvalue weighted by Gasteiger charge is -2.08. The van der Waals surface area contributed by atoms with Crippen molar-refractivity contribution in [2.24, 2.45) is 5.10 Å². The standard InChI is InChI=1S/C23H17N9O5/c1-36-18-11-8-13-4-2-3-5-16(13)17(18)12-25-27-23(33)19-20(14-6-9-15(10-7-14)32(34)35)31(30-26-19)22-21(24)28-37-29-22/h2-12H,1H3,(H2,24,28)(H,27,33)/b25-12+. The average molecular weight is 499 g/mol. The van der Waals surface area contributed by atoms with E-state index in [0.717, 1.165) is 15.5 Å². The number of nitrogen functional groups attached to an aromatic ring is 1. The average Bonchev–Trinajstić information content (AvgIpc) is 3.54. The highest BCUT2D eigenvalue weighted by molar-refractivity contribution is 6.03. The van der Waals surface area contributed by atoms with E-state index >= 15 is 0 Å². The third-order valence-electron chi connectivity index (χ3n) is 5.44. The molecule has 0 saturated heterocycles. The molecular weight excluding hydrogens is 482 g/mol. The molecule has 2 aromatic heterocycles. The molecule has 1 amide bonds. The molecule has 0 fully saturated rings. The number of ether oxygens (including phenoxy) is 1. The van der Waals surface area contributed by atoms with E-state index in [4.69, 9.17) is 10.5 Å². The first-order valence-corrected chi connectivity index (χ1v) is 10.7. The van der Waals surface area contributed by atoms with E-state index in [1.807, 2.05) is 30.3 Å². The Hall–Kier alpha value is -5.66. The molecular formula is C23H17N9O5. The predicted octanol–water partition coefficient (Wildman–Crippen LogP) is 2.73. The molecule has 3 N–H and O–H groups in total. The zero-order valence-corrected chi connectivity index (χ0v) is 19.1. The van der Waals surface area contributed by atoms with Crippen LogP contribution in [-0.2, 0) is 0 Å². The number of rotatable bonds is 7. The van der Waals surface area contributed by atoms with Crippen molar-refractivity contribution in [1.29, 1.82) is 0 Å². The monoisotopic (exact) mass is 499 g/mol. The summed E-state index contributed by atoms with van der Waals surface area (Å²) in [6.45, 7) is 0. The molecule has 14 nitrogen and oxygen atoms in total. The van der Waals surface area contributed by atoms with Crippen molar-refractivity contribution in [2.45, 2.75) is 0 Å². The van der Waals surface area contributed by atoms with Crippen molar-refractivity contribution < 1.29 is 19.1 Å². The number of carbonyl (C=O) groups is 1. The minimum Gasteiger partial charge on any atom is -0.496 e. The molecule has 5 aromatic rings. The first kappa shape index (κ1) is 23.1. The van der Waals surface area contributed by atoms with Crippen molar-refractivity contribution >= 4 is 34.4 Å². The van der Waals surface area contributed by atoms with E-state index < -0.39 is 10.8 Å². The first-order chi connectivity index (χ1) is 18.0. The summed E-state index contributed by atoms with van der Waals surface area (Å²) in [7, 11) is 1.54. The summed E-state index contributed by atoms with van der Waals surface area (Å²) < 4.78 is 11.2. The lowest BCUT2D eigenvalue weighted by atomic mass is 10.0. The molecule has 0 radical (unpaired) electrons. The number of carbonyl (C=O) groups excluding carboxylic acids is 1. The van der Waals surface area contributed by atoms with Crippen LogP contribution in [0.5, 0.6) is 5.75 Å². The number of non-ortho nitro benzene ring substituents is 1. The molecule has 0 bridgehead atoms. The molecule has 0 unspecified atom stereocenters. The molecule has 0 spiro atoms. The number of nitro benzene ring substituents is 1. The number of nitro groups is 1. The van der Waals surface area contributed by atoms with Gasteiger partial charge in [-0.25, -0.2) is 10.1 Å². The van der Waals surface area contributed by atoms with Gasteiger partial charge in [-0.1, -0.05) is 35.5 Å². The van der Waals surface area contributed by atoms with Crippen LogP contribution in [0.4, 0.5) is 11.5 Å². The Kier molecular flexibility index (Phi) is 5.95. The van der Waals surface area contributed by atoms with Crippen molar-refractivity contribution in [3.05, 3.63) is 82.0 Å². The minimum atomic E-state index is -0.704. The van der Waals surface area contributed by atoms with Crippen LogP contribution in [0.3, 0.4) is 0 Å². The molecule has 0 aliphatic heterocycles. The second kappa shape index (κ2) is 9.53. The normalized spacial score (nSPS) is 11.2. The topological polar surface area (TPSA) is 189 Å². The lowest BCUT2D eigenvalue weighted by Crippen LogP contribution is -2.19. The van der Waals surface area contributed by atoms with E-state index in [9.17, 15) is 14.9 Å². The van der Waals surface area contributed by atoms with Crippen molar-refractivity contribution in [2.75, 3.05) is 12.8 Å². The summed E-state index contributed by atoms with van der Waals surface area (Å²) in [5, 5.41) is 32.2. The van der Waals surface area contributed by atoms with Gasteiger partial charge in [-0.3, -0.25) is 14.9 Å². The highest BCUT2D eigenvalue weighted by atomic mass is 16.6. The molecule has 0 aliphatic rings. The van der Waals surface area contributed by atoms with E-state index in [1.54, 1.807) is 13.2 Å². The van der Waals surface area contributed by atoms with E-state index in [2.05, 4.69) is 35.8 Å². The molecule has 37 heavy (non-hydrogen) atoms. The van der Waals surface area contributed by atoms with Crippen LogP contribution >= 0.6 is 0 Å². The van der Waals surface area contributed by atoms with Crippen LogP contribution in [0.25, 0.3) is 27.8 Å². The molecule has 5 rings (SSSR count). The fourth-order valence-electron chi connectivity index (χ4n) is 3.72. The summed E-state index contributed by atoms with van der Waals surface area (Å²) in [5.41, 5.74) is 9.16.